The average Bonchev–Trinajstić information content (AvgIpc) is 3.08. The Bertz CT molecular complexity index is 1820. The number of nitrogens with zero attached hydrogens (tertiary/aromatic N) is 3. The molecule has 1 N–H and O–H groups in total. The van der Waals surface area contributed by atoms with Crippen LogP contribution in [0.2, 0.25) is 0 Å². The van der Waals surface area contributed by atoms with Crippen molar-refractivity contribution >= 4 is 16.7 Å². The second-order valence-electron chi connectivity index (χ2n) is 11.7. The Morgan fingerprint density at radius 2 is 1.44 bits per heavy atom. The highest BCUT2D eigenvalue weighted by molar-refractivity contribution is 6.08. The summed E-state index contributed by atoms with van der Waals surface area (Å²) >= 11 is 0. The quantitative estimate of drug-likeness (QED) is 0.202. The van der Waals surface area contributed by atoms with Crippen LogP contribution in [0.1, 0.15) is 46.6 Å². The molecule has 2 heterocycles. The molecule has 0 spiro atoms. The molecule has 7 heteroatoms. The molecule has 1 aliphatic rings. The minimum absolute atomic E-state index is 0.201. The van der Waals surface area contributed by atoms with Gasteiger partial charge in [-0.1, -0.05) is 91.9 Å². The van der Waals surface area contributed by atoms with Crippen molar-refractivity contribution in [2.75, 3.05) is 32.7 Å². The molecule has 4 aromatic carbocycles. The molecule has 1 aromatic heterocycles. The fraction of sp³-hybridized carbons (Fsp3) is 0.263. The van der Waals surface area contributed by atoms with E-state index in [9.17, 15) is 14.0 Å². The number of hydrogen-bond donors (Lipinski definition) is 1. The van der Waals surface area contributed by atoms with Gasteiger partial charge in [-0.05, 0) is 48.2 Å². The smallest absolute Gasteiger partial charge is 0.263 e. The molecule has 45 heavy (non-hydrogen) atoms. The van der Waals surface area contributed by atoms with Crippen LogP contribution in [0.4, 0.5) is 4.39 Å². The van der Waals surface area contributed by atoms with Gasteiger partial charge in [0.2, 0.25) is 0 Å². The van der Waals surface area contributed by atoms with Crippen molar-refractivity contribution in [1.82, 2.24) is 19.7 Å². The number of benzene rings is 4. The molecule has 6 rings (SSSR count). The van der Waals surface area contributed by atoms with E-state index in [1.54, 1.807) is 28.8 Å². The highest BCUT2D eigenvalue weighted by Gasteiger charge is 2.27. The minimum Gasteiger partial charge on any atom is -0.345 e. The monoisotopic (exact) mass is 602 g/mol. The van der Waals surface area contributed by atoms with Gasteiger partial charge in [-0.25, -0.2) is 4.39 Å². The standard InChI is InChI=1S/C38H39FN4O2/c1-2-34(29-14-7-4-8-15-29)40-37(44)36-32-18-9-10-19-33(32)38(45)43(31-17-11-16-30(39)26-31)35(36)27-42-24-22-41(23-25-42)21-20-28-12-5-3-6-13-28/h3-19,26,34H,2,20-25,27H2,1H3,(H,40,44)/t34-/m0/s1. The van der Waals surface area contributed by atoms with E-state index in [2.05, 4.69) is 39.4 Å². The van der Waals surface area contributed by atoms with Crippen molar-refractivity contribution in [2.24, 2.45) is 0 Å². The third-order valence-electron chi connectivity index (χ3n) is 8.80. The van der Waals surface area contributed by atoms with E-state index in [-0.39, 0.29) is 17.5 Å². The predicted molar refractivity (Wildman–Crippen MR) is 178 cm³/mol. The largest absolute Gasteiger partial charge is 0.345 e. The Labute approximate surface area is 263 Å². The van der Waals surface area contributed by atoms with Gasteiger partial charge in [-0.3, -0.25) is 19.1 Å². The molecule has 0 radical (unpaired) electrons. The number of carbonyl (C=O) groups is 1. The lowest BCUT2D eigenvalue weighted by atomic mass is 9.99. The van der Waals surface area contributed by atoms with Crippen molar-refractivity contribution < 1.29 is 9.18 Å². The van der Waals surface area contributed by atoms with Crippen LogP contribution in [0.3, 0.4) is 0 Å². The van der Waals surface area contributed by atoms with E-state index in [0.717, 1.165) is 44.7 Å². The average molecular weight is 603 g/mol. The molecule has 5 aromatic rings. The van der Waals surface area contributed by atoms with Gasteiger partial charge in [0, 0.05) is 50.0 Å². The Morgan fingerprint density at radius 3 is 2.13 bits per heavy atom. The number of amides is 1. The normalized spacial score (nSPS) is 14.8. The lowest BCUT2D eigenvalue weighted by Gasteiger charge is -2.35. The molecule has 1 atom stereocenters. The van der Waals surface area contributed by atoms with Crippen LogP contribution in [-0.4, -0.2) is 53.0 Å². The molecular weight excluding hydrogens is 563 g/mol. The minimum atomic E-state index is -0.438. The fourth-order valence-corrected chi connectivity index (χ4v) is 6.34. The maximum absolute atomic E-state index is 14.6. The number of halogens is 1. The summed E-state index contributed by atoms with van der Waals surface area (Å²) in [6.07, 6.45) is 1.70. The molecule has 1 saturated heterocycles. The van der Waals surface area contributed by atoms with Crippen molar-refractivity contribution in [3.63, 3.8) is 0 Å². The number of piperazine rings is 1. The Hall–Kier alpha value is -4.59. The molecular formula is C38H39FN4O2. The number of pyridine rings is 1. The number of fused-ring (bicyclic) bond motifs is 1. The summed E-state index contributed by atoms with van der Waals surface area (Å²) in [5.41, 5.74) is 3.51. The molecule has 1 amide bonds. The van der Waals surface area contributed by atoms with Gasteiger partial charge in [-0.15, -0.1) is 0 Å². The van der Waals surface area contributed by atoms with Crippen molar-refractivity contribution in [3.8, 4) is 5.69 Å². The topological polar surface area (TPSA) is 57.6 Å². The summed E-state index contributed by atoms with van der Waals surface area (Å²) in [7, 11) is 0. The summed E-state index contributed by atoms with van der Waals surface area (Å²) in [4.78, 5) is 33.3. The fourth-order valence-electron chi connectivity index (χ4n) is 6.34. The van der Waals surface area contributed by atoms with Gasteiger partial charge in [0.25, 0.3) is 11.5 Å². The highest BCUT2D eigenvalue weighted by Crippen LogP contribution is 2.26. The summed E-state index contributed by atoms with van der Waals surface area (Å²) in [5.74, 6) is -0.685. The molecule has 1 fully saturated rings. The molecule has 0 unspecified atom stereocenters. The summed E-state index contributed by atoms with van der Waals surface area (Å²) in [6, 6.07) is 33.5. The first kappa shape index (κ1) is 30.4. The molecule has 0 bridgehead atoms. The molecule has 0 saturated carbocycles. The first-order valence-electron chi connectivity index (χ1n) is 15.8. The van der Waals surface area contributed by atoms with Crippen molar-refractivity contribution in [3.05, 3.63) is 148 Å². The van der Waals surface area contributed by atoms with Gasteiger partial charge in [0.05, 0.1) is 23.0 Å². The van der Waals surface area contributed by atoms with Crippen LogP contribution in [0, 0.1) is 5.82 Å². The Balaban J connectivity index is 1.37. The second kappa shape index (κ2) is 14.0. The zero-order valence-electron chi connectivity index (χ0n) is 25.7. The lowest BCUT2D eigenvalue weighted by Crippen LogP contribution is -2.47. The maximum Gasteiger partial charge on any atom is 0.263 e. The van der Waals surface area contributed by atoms with E-state index < -0.39 is 5.82 Å². The second-order valence-corrected chi connectivity index (χ2v) is 11.7. The highest BCUT2D eigenvalue weighted by atomic mass is 19.1. The van der Waals surface area contributed by atoms with Gasteiger partial charge >= 0.3 is 0 Å². The third kappa shape index (κ3) is 6.90. The molecule has 1 aliphatic heterocycles. The van der Waals surface area contributed by atoms with E-state index >= 15 is 0 Å². The number of hydrogen-bond acceptors (Lipinski definition) is 4. The zero-order valence-corrected chi connectivity index (χ0v) is 25.7. The summed E-state index contributed by atoms with van der Waals surface area (Å²) in [5, 5.41) is 4.29. The molecule has 230 valence electrons. The van der Waals surface area contributed by atoms with Gasteiger partial charge < -0.3 is 10.2 Å². The van der Waals surface area contributed by atoms with Crippen LogP contribution in [-0.2, 0) is 13.0 Å². The maximum atomic E-state index is 14.6. The van der Waals surface area contributed by atoms with Crippen LogP contribution in [0.25, 0.3) is 16.5 Å². The molecule has 6 nitrogen and oxygen atoms in total. The first-order valence-corrected chi connectivity index (χ1v) is 15.8. The van der Waals surface area contributed by atoms with Crippen molar-refractivity contribution in [2.45, 2.75) is 32.4 Å². The number of carbonyl (C=O) groups excluding carboxylic acids is 1. The Morgan fingerprint density at radius 1 is 0.800 bits per heavy atom. The predicted octanol–water partition coefficient (Wildman–Crippen LogP) is 6.37. The first-order chi connectivity index (χ1) is 22.0. The van der Waals surface area contributed by atoms with E-state index in [1.165, 1.54) is 17.7 Å². The van der Waals surface area contributed by atoms with Crippen LogP contribution >= 0.6 is 0 Å². The summed E-state index contributed by atoms with van der Waals surface area (Å²) < 4.78 is 16.1. The number of nitrogens with one attached hydrogen (secondary N) is 1. The Kier molecular flexibility index (Phi) is 9.48. The lowest BCUT2D eigenvalue weighted by molar-refractivity contribution is 0.0931. The van der Waals surface area contributed by atoms with Crippen LogP contribution in [0.5, 0.6) is 0 Å². The third-order valence-corrected chi connectivity index (χ3v) is 8.80. The zero-order chi connectivity index (χ0) is 31.2. The number of rotatable bonds is 10. The van der Waals surface area contributed by atoms with Crippen molar-refractivity contribution in [1.29, 1.82) is 0 Å². The van der Waals surface area contributed by atoms with Gasteiger partial charge in [-0.2, -0.15) is 0 Å². The number of aromatic nitrogens is 1. The van der Waals surface area contributed by atoms with Gasteiger partial charge in [0.1, 0.15) is 5.82 Å². The SMILES string of the molecule is CC[C@H](NC(=O)c1c(CN2CCN(CCc3ccccc3)CC2)n(-c2cccc(F)c2)c(=O)c2ccccc12)c1ccccc1. The van der Waals surface area contributed by atoms with Crippen LogP contribution in [0.15, 0.2) is 114 Å². The van der Waals surface area contributed by atoms with E-state index in [4.69, 9.17) is 0 Å². The van der Waals surface area contributed by atoms with Gasteiger partial charge in [0.15, 0.2) is 0 Å². The molecule has 0 aliphatic carbocycles. The van der Waals surface area contributed by atoms with Crippen LogP contribution < -0.4 is 10.9 Å². The van der Waals surface area contributed by atoms with E-state index in [0.29, 0.717) is 40.7 Å². The van der Waals surface area contributed by atoms with E-state index in [1.807, 2.05) is 55.5 Å². The summed E-state index contributed by atoms with van der Waals surface area (Å²) in [6.45, 7) is 6.77.